The van der Waals surface area contributed by atoms with Crippen LogP contribution in [0.5, 0.6) is 0 Å². The van der Waals surface area contributed by atoms with Crippen molar-refractivity contribution in [1.82, 2.24) is 4.90 Å². The number of carbonyl (C=O) groups excluding carboxylic acids is 1. The third-order valence-corrected chi connectivity index (χ3v) is 6.94. The van der Waals surface area contributed by atoms with Gasteiger partial charge in [-0.3, -0.25) is 4.79 Å². The van der Waals surface area contributed by atoms with E-state index in [0.29, 0.717) is 24.6 Å². The predicted molar refractivity (Wildman–Crippen MR) is 106 cm³/mol. The highest BCUT2D eigenvalue weighted by molar-refractivity contribution is 7.90. The van der Waals surface area contributed by atoms with Gasteiger partial charge in [0.25, 0.3) is 5.91 Å². The number of hydrogen-bond donors (Lipinski definition) is 1. The van der Waals surface area contributed by atoms with Crippen molar-refractivity contribution in [3.05, 3.63) is 65.7 Å². The third kappa shape index (κ3) is 4.39. The highest BCUT2D eigenvalue weighted by Gasteiger charge is 2.31. The molecule has 1 fully saturated rings. The van der Waals surface area contributed by atoms with E-state index in [1.165, 1.54) is 6.07 Å². The molecule has 1 aliphatic rings. The molecule has 5 nitrogen and oxygen atoms in total. The Morgan fingerprint density at radius 1 is 1.15 bits per heavy atom. The topological polar surface area (TPSA) is 80.5 Å². The van der Waals surface area contributed by atoms with Crippen molar-refractivity contribution in [2.45, 2.75) is 36.5 Å². The van der Waals surface area contributed by atoms with E-state index >= 15 is 0 Å². The number of nitrogens with two attached hydrogens (primary N) is 1. The van der Waals surface area contributed by atoms with Crippen LogP contribution >= 0.6 is 0 Å². The Bertz CT molecular complexity index is 897. The Morgan fingerprint density at radius 2 is 1.89 bits per heavy atom. The molecule has 0 spiro atoms. The third-order valence-electron chi connectivity index (χ3n) is 5.26. The zero-order chi connectivity index (χ0) is 19.4. The summed E-state index contributed by atoms with van der Waals surface area (Å²) in [5, 5.41) is 0. The lowest BCUT2D eigenvalue weighted by Gasteiger charge is -2.39. The molecule has 1 heterocycles. The van der Waals surface area contributed by atoms with Crippen molar-refractivity contribution in [3.8, 4) is 0 Å². The first kappa shape index (κ1) is 19.6. The molecule has 1 amide bonds. The molecule has 0 unspecified atom stereocenters. The maximum Gasteiger partial charge on any atom is 0.254 e. The largest absolute Gasteiger partial charge is 0.334 e. The van der Waals surface area contributed by atoms with Gasteiger partial charge in [-0.05, 0) is 42.5 Å². The Balaban J connectivity index is 1.85. The number of hydrogen-bond acceptors (Lipinski definition) is 4. The van der Waals surface area contributed by atoms with Gasteiger partial charge in [0.1, 0.15) is 0 Å². The predicted octanol–water partition coefficient (Wildman–Crippen LogP) is 2.86. The minimum atomic E-state index is -3.53. The van der Waals surface area contributed by atoms with E-state index < -0.39 is 9.84 Å². The van der Waals surface area contributed by atoms with Crippen LogP contribution < -0.4 is 5.73 Å². The molecule has 27 heavy (non-hydrogen) atoms. The molecule has 6 heteroatoms. The van der Waals surface area contributed by atoms with Crippen LogP contribution in [0.4, 0.5) is 0 Å². The SMILES string of the molecule is C[C@@H]1CCCN(C(=O)c2cccc(S(=O)(=O)Cc3ccccc3)c2)[C@@H]1CN. The summed E-state index contributed by atoms with van der Waals surface area (Å²) in [5.74, 6) is 0.115. The number of likely N-dealkylation sites (tertiary alicyclic amines) is 1. The minimum absolute atomic E-state index is 0.00386. The van der Waals surface area contributed by atoms with Gasteiger partial charge in [-0.15, -0.1) is 0 Å². The fourth-order valence-corrected chi connectivity index (χ4v) is 5.12. The van der Waals surface area contributed by atoms with Crippen LogP contribution in [0.1, 0.15) is 35.7 Å². The molecule has 2 aromatic carbocycles. The van der Waals surface area contributed by atoms with Crippen LogP contribution in [0.3, 0.4) is 0 Å². The summed E-state index contributed by atoms with van der Waals surface area (Å²) in [6.07, 6.45) is 1.99. The van der Waals surface area contributed by atoms with Gasteiger partial charge in [0.15, 0.2) is 9.84 Å². The molecular formula is C21H26N2O3S. The first-order valence-electron chi connectivity index (χ1n) is 9.30. The van der Waals surface area contributed by atoms with Gasteiger partial charge < -0.3 is 10.6 Å². The first-order chi connectivity index (χ1) is 12.9. The number of piperidine rings is 1. The zero-order valence-electron chi connectivity index (χ0n) is 15.5. The fourth-order valence-electron chi connectivity index (χ4n) is 3.73. The smallest absolute Gasteiger partial charge is 0.254 e. The lowest BCUT2D eigenvalue weighted by atomic mass is 9.90. The van der Waals surface area contributed by atoms with Crippen LogP contribution in [0.2, 0.25) is 0 Å². The van der Waals surface area contributed by atoms with E-state index in [9.17, 15) is 13.2 Å². The van der Waals surface area contributed by atoms with E-state index in [1.54, 1.807) is 35.2 Å². The monoisotopic (exact) mass is 386 g/mol. The highest BCUT2D eigenvalue weighted by Crippen LogP contribution is 2.25. The number of rotatable bonds is 5. The van der Waals surface area contributed by atoms with E-state index in [0.717, 1.165) is 18.4 Å². The van der Waals surface area contributed by atoms with Gasteiger partial charge in [-0.25, -0.2) is 8.42 Å². The van der Waals surface area contributed by atoms with Crippen molar-refractivity contribution in [1.29, 1.82) is 0 Å². The van der Waals surface area contributed by atoms with Gasteiger partial charge in [-0.2, -0.15) is 0 Å². The lowest BCUT2D eigenvalue weighted by molar-refractivity contribution is 0.0532. The van der Waals surface area contributed by atoms with Crippen molar-refractivity contribution < 1.29 is 13.2 Å². The normalized spacial score (nSPS) is 20.4. The maximum atomic E-state index is 13.0. The number of amides is 1. The second-order valence-corrected chi connectivity index (χ2v) is 9.18. The molecule has 2 N–H and O–H groups in total. The second-order valence-electron chi connectivity index (χ2n) is 7.19. The molecule has 2 aromatic rings. The van der Waals surface area contributed by atoms with Gasteiger partial charge in [0.05, 0.1) is 10.6 Å². The summed E-state index contributed by atoms with van der Waals surface area (Å²) in [6, 6.07) is 15.4. The van der Waals surface area contributed by atoms with Crippen LogP contribution in [-0.4, -0.2) is 38.4 Å². The van der Waals surface area contributed by atoms with Gasteiger partial charge >= 0.3 is 0 Å². The van der Waals surface area contributed by atoms with Gasteiger partial charge in [-0.1, -0.05) is 43.3 Å². The molecule has 1 aliphatic heterocycles. The molecule has 0 aliphatic carbocycles. The number of nitrogens with zero attached hydrogens (tertiary/aromatic N) is 1. The standard InChI is InChI=1S/C21H26N2O3S/c1-16-7-6-12-23(20(16)14-22)21(24)18-10-5-11-19(13-18)27(25,26)15-17-8-3-2-4-9-17/h2-5,8-11,13,16,20H,6-7,12,14-15,22H2,1H3/t16-,20-/m1/s1. The van der Waals surface area contributed by atoms with Crippen LogP contribution in [-0.2, 0) is 15.6 Å². The van der Waals surface area contributed by atoms with E-state index in [-0.39, 0.29) is 22.6 Å². The summed E-state index contributed by atoms with van der Waals surface area (Å²) in [5.41, 5.74) is 7.02. The van der Waals surface area contributed by atoms with E-state index in [2.05, 4.69) is 6.92 Å². The molecule has 0 bridgehead atoms. The molecule has 0 radical (unpaired) electrons. The number of sulfone groups is 1. The Hall–Kier alpha value is -2.18. The molecule has 2 atom stereocenters. The lowest BCUT2D eigenvalue weighted by Crippen LogP contribution is -2.51. The summed E-state index contributed by atoms with van der Waals surface area (Å²) in [6.45, 7) is 3.18. The Kier molecular flexibility index (Phi) is 5.97. The minimum Gasteiger partial charge on any atom is -0.334 e. The molecule has 144 valence electrons. The molecule has 3 rings (SSSR count). The van der Waals surface area contributed by atoms with Crippen LogP contribution in [0.25, 0.3) is 0 Å². The average molecular weight is 387 g/mol. The highest BCUT2D eigenvalue weighted by atomic mass is 32.2. The first-order valence-corrected chi connectivity index (χ1v) is 11.0. The van der Waals surface area contributed by atoms with Crippen molar-refractivity contribution in [2.24, 2.45) is 11.7 Å². The van der Waals surface area contributed by atoms with E-state index in [4.69, 9.17) is 5.73 Å². The quantitative estimate of drug-likeness (QED) is 0.857. The fraction of sp³-hybridized carbons (Fsp3) is 0.381. The van der Waals surface area contributed by atoms with Crippen molar-refractivity contribution in [2.75, 3.05) is 13.1 Å². The summed E-state index contributed by atoms with van der Waals surface area (Å²) < 4.78 is 25.6. The molecule has 0 aromatic heterocycles. The van der Waals surface area contributed by atoms with E-state index in [1.807, 2.05) is 18.2 Å². The molecule has 0 saturated carbocycles. The summed E-state index contributed by atoms with van der Waals surface area (Å²) in [4.78, 5) is 15.0. The van der Waals surface area contributed by atoms with Gasteiger partial charge in [0.2, 0.25) is 0 Å². The zero-order valence-corrected chi connectivity index (χ0v) is 16.4. The van der Waals surface area contributed by atoms with Crippen molar-refractivity contribution >= 4 is 15.7 Å². The second kappa shape index (κ2) is 8.23. The van der Waals surface area contributed by atoms with Crippen LogP contribution in [0.15, 0.2) is 59.5 Å². The molecular weight excluding hydrogens is 360 g/mol. The van der Waals surface area contributed by atoms with Crippen molar-refractivity contribution in [3.63, 3.8) is 0 Å². The van der Waals surface area contributed by atoms with Crippen LogP contribution in [0, 0.1) is 5.92 Å². The molecule has 1 saturated heterocycles. The Labute approximate surface area is 161 Å². The summed E-state index contributed by atoms with van der Waals surface area (Å²) >= 11 is 0. The maximum absolute atomic E-state index is 13.0. The average Bonchev–Trinajstić information content (AvgIpc) is 2.68. The number of benzene rings is 2. The van der Waals surface area contributed by atoms with Gasteiger partial charge in [0, 0.05) is 24.7 Å². The summed E-state index contributed by atoms with van der Waals surface area (Å²) in [7, 11) is -3.53. The number of carbonyl (C=O) groups is 1. The Morgan fingerprint density at radius 3 is 2.59 bits per heavy atom.